The van der Waals surface area contributed by atoms with Crippen molar-refractivity contribution in [3.05, 3.63) is 0 Å². The molecule has 66 valence electrons. The van der Waals surface area contributed by atoms with Crippen molar-refractivity contribution in [1.82, 2.24) is 0 Å². The third-order valence-electron chi connectivity index (χ3n) is 1.31. The van der Waals surface area contributed by atoms with Gasteiger partial charge in [-0.1, -0.05) is 0 Å². The zero-order chi connectivity index (χ0) is 9.56. The van der Waals surface area contributed by atoms with Crippen LogP contribution in [-0.4, -0.2) is 41.9 Å². The smallest absolute Gasteiger partial charge is 0.151 e. The highest BCUT2D eigenvalue weighted by Crippen LogP contribution is 2.04. The van der Waals surface area contributed by atoms with Crippen LogP contribution < -0.4 is 0 Å². The van der Waals surface area contributed by atoms with Gasteiger partial charge in [-0.25, -0.2) is 0 Å². The molecule has 3 atom stereocenters. The van der Waals surface area contributed by atoms with E-state index < -0.39 is 18.3 Å². The van der Waals surface area contributed by atoms with Crippen molar-refractivity contribution in [3.63, 3.8) is 0 Å². The summed E-state index contributed by atoms with van der Waals surface area (Å²) in [6.45, 7) is 1.53. The predicted octanol–water partition coefficient (Wildman–Crippen LogP) is -0.668. The molecule has 4 nitrogen and oxygen atoms in total. The Hall–Kier alpha value is -0.450. The molecule has 0 aliphatic carbocycles. The van der Waals surface area contributed by atoms with Gasteiger partial charge in [0.15, 0.2) is 6.29 Å². The van der Waals surface area contributed by atoms with E-state index in [0.29, 0.717) is 6.29 Å². The lowest BCUT2D eigenvalue weighted by Crippen LogP contribution is -2.32. The van der Waals surface area contributed by atoms with E-state index in [2.05, 4.69) is 0 Å². The van der Waals surface area contributed by atoms with Crippen LogP contribution in [0, 0.1) is 0 Å². The zero-order valence-corrected chi connectivity index (χ0v) is 6.43. The lowest BCUT2D eigenvalue weighted by molar-refractivity contribution is -0.123. The van der Waals surface area contributed by atoms with Gasteiger partial charge in [0.05, 0.1) is 13.6 Å². The third-order valence-corrected chi connectivity index (χ3v) is 1.31. The number of ether oxygens (including phenoxy) is 1. The Bertz CT molecular complexity index is 129. The van der Waals surface area contributed by atoms with Crippen molar-refractivity contribution in [2.24, 2.45) is 0 Å². The van der Waals surface area contributed by atoms with E-state index in [1.54, 1.807) is 0 Å². The van der Waals surface area contributed by atoms with Crippen molar-refractivity contribution in [1.29, 1.82) is 0 Å². The second kappa shape index (κ2) is 5.23. The van der Waals surface area contributed by atoms with Gasteiger partial charge in [-0.3, -0.25) is 0 Å². The standard InChI is InChI=1S/C7H14O4/c1-5(9)3-7(11-2)6(10)4-8/h4-7,9-10H,3H2,1-2H3/t5-,6+,7+/m1/s1/i2D. The van der Waals surface area contributed by atoms with Gasteiger partial charge < -0.3 is 19.7 Å². The van der Waals surface area contributed by atoms with Gasteiger partial charge in [-0.2, -0.15) is 0 Å². The summed E-state index contributed by atoms with van der Waals surface area (Å²) in [7, 11) is -0.331. The number of aliphatic hydroxyl groups excluding tert-OH is 2. The highest BCUT2D eigenvalue weighted by Gasteiger charge is 2.19. The molecule has 0 bridgehead atoms. The normalized spacial score (nSPS) is 20.1. The third kappa shape index (κ3) is 4.08. The molecule has 0 heterocycles. The molecule has 4 heteroatoms. The molecule has 2 N–H and O–H groups in total. The van der Waals surface area contributed by atoms with Gasteiger partial charge in [0.1, 0.15) is 6.10 Å². The average molecular weight is 163 g/mol. The minimum Gasteiger partial charge on any atom is -0.393 e. The molecule has 0 aromatic rings. The molecule has 0 aromatic heterocycles. The fourth-order valence-electron chi connectivity index (χ4n) is 0.730. The average Bonchev–Trinajstić information content (AvgIpc) is 2.01. The van der Waals surface area contributed by atoms with Gasteiger partial charge in [0.25, 0.3) is 0 Å². The fourth-order valence-corrected chi connectivity index (χ4v) is 0.730. The molecule has 0 saturated heterocycles. The van der Waals surface area contributed by atoms with Crippen molar-refractivity contribution in [2.75, 3.05) is 7.09 Å². The van der Waals surface area contributed by atoms with Gasteiger partial charge in [-0.05, 0) is 6.92 Å². The molecular weight excluding hydrogens is 148 g/mol. The van der Waals surface area contributed by atoms with E-state index >= 15 is 0 Å². The Morgan fingerprint density at radius 1 is 1.73 bits per heavy atom. The Morgan fingerprint density at radius 3 is 2.73 bits per heavy atom. The highest BCUT2D eigenvalue weighted by atomic mass is 16.5. The van der Waals surface area contributed by atoms with Crippen LogP contribution in [-0.2, 0) is 9.53 Å². The SMILES string of the molecule is [2H]CO[C@@H](C[C@@H](C)O)[C@@H](O)C=O. The number of carbonyl (C=O) groups excluding carboxylic acids is 1. The van der Waals surface area contributed by atoms with E-state index in [-0.39, 0.29) is 13.5 Å². The van der Waals surface area contributed by atoms with Gasteiger partial charge >= 0.3 is 0 Å². The van der Waals surface area contributed by atoms with Crippen molar-refractivity contribution < 1.29 is 21.1 Å². The lowest BCUT2D eigenvalue weighted by Gasteiger charge is -2.18. The summed E-state index contributed by atoms with van der Waals surface area (Å²) in [6.07, 6.45) is -2.21. The maximum atomic E-state index is 10.1. The van der Waals surface area contributed by atoms with Crippen LogP contribution >= 0.6 is 0 Å². The van der Waals surface area contributed by atoms with Gasteiger partial charge in [0.2, 0.25) is 0 Å². The van der Waals surface area contributed by atoms with E-state index in [1.807, 2.05) is 0 Å². The lowest BCUT2D eigenvalue weighted by atomic mass is 10.1. The van der Waals surface area contributed by atoms with Gasteiger partial charge in [-0.15, -0.1) is 0 Å². The Kier molecular flexibility index (Phi) is 4.11. The second-order valence-electron chi connectivity index (χ2n) is 2.42. The Balaban J connectivity index is 3.93. The van der Waals surface area contributed by atoms with Crippen molar-refractivity contribution >= 4 is 6.29 Å². The monoisotopic (exact) mass is 163 g/mol. The molecule has 0 aliphatic rings. The van der Waals surface area contributed by atoms with Crippen LogP contribution in [0.3, 0.4) is 0 Å². The Morgan fingerprint density at radius 2 is 2.36 bits per heavy atom. The largest absolute Gasteiger partial charge is 0.393 e. The van der Waals surface area contributed by atoms with Crippen LogP contribution in [0.1, 0.15) is 14.7 Å². The molecule has 0 fully saturated rings. The number of rotatable bonds is 5. The molecular formula is C7H14O4. The quantitative estimate of drug-likeness (QED) is 0.528. The summed E-state index contributed by atoms with van der Waals surface area (Å²) in [5, 5.41) is 17.9. The first kappa shape index (κ1) is 8.64. The molecule has 0 amide bonds. The van der Waals surface area contributed by atoms with Crippen molar-refractivity contribution in [3.8, 4) is 0 Å². The molecule has 11 heavy (non-hydrogen) atoms. The maximum Gasteiger partial charge on any atom is 0.151 e. The minimum absolute atomic E-state index is 0.152. The molecule has 0 spiro atoms. The number of carbonyl (C=O) groups is 1. The highest BCUT2D eigenvalue weighted by molar-refractivity contribution is 5.56. The van der Waals surface area contributed by atoms with E-state index in [4.69, 9.17) is 16.3 Å². The van der Waals surface area contributed by atoms with E-state index in [0.717, 1.165) is 0 Å². The number of aldehydes is 1. The summed E-state index contributed by atoms with van der Waals surface area (Å²) in [5.41, 5.74) is 0. The first-order valence-corrected chi connectivity index (χ1v) is 3.34. The molecule has 0 saturated carbocycles. The Labute approximate surface area is 67.2 Å². The van der Waals surface area contributed by atoms with Crippen LogP contribution in [0.15, 0.2) is 0 Å². The number of aliphatic hydroxyl groups is 2. The summed E-state index contributed by atoms with van der Waals surface area (Å²) >= 11 is 0. The summed E-state index contributed by atoms with van der Waals surface area (Å²) in [4.78, 5) is 10.1. The number of hydrogen-bond donors (Lipinski definition) is 2. The molecule has 0 aliphatic heterocycles. The molecule has 0 rings (SSSR count). The topological polar surface area (TPSA) is 66.8 Å². The second-order valence-corrected chi connectivity index (χ2v) is 2.42. The van der Waals surface area contributed by atoms with Crippen molar-refractivity contribution in [2.45, 2.75) is 31.7 Å². The van der Waals surface area contributed by atoms with Gasteiger partial charge in [0, 0.05) is 13.5 Å². The fraction of sp³-hybridized carbons (Fsp3) is 0.857. The first-order chi connectivity index (χ1) is 5.61. The van der Waals surface area contributed by atoms with Crippen LogP contribution in [0.2, 0.25) is 0 Å². The molecule has 0 aromatic carbocycles. The van der Waals surface area contributed by atoms with Crippen LogP contribution in [0.5, 0.6) is 0 Å². The summed E-state index contributed by atoms with van der Waals surface area (Å²) in [5.74, 6) is 0. The molecule has 0 unspecified atom stereocenters. The van der Waals surface area contributed by atoms with E-state index in [1.165, 1.54) is 6.92 Å². The zero-order valence-electron chi connectivity index (χ0n) is 7.43. The summed E-state index contributed by atoms with van der Waals surface area (Å²) in [6, 6.07) is 0. The van der Waals surface area contributed by atoms with E-state index in [9.17, 15) is 4.79 Å². The maximum absolute atomic E-state index is 10.1. The van der Waals surface area contributed by atoms with Crippen LogP contribution in [0.25, 0.3) is 0 Å². The molecule has 0 radical (unpaired) electrons. The predicted molar refractivity (Wildman–Crippen MR) is 39.2 cm³/mol. The minimum atomic E-state index is -1.26. The van der Waals surface area contributed by atoms with Crippen LogP contribution in [0.4, 0.5) is 0 Å². The summed E-state index contributed by atoms with van der Waals surface area (Å²) < 4.78 is 11.4. The number of methoxy groups -OCH3 is 1. The first-order valence-electron chi connectivity index (χ1n) is 4.04. The number of hydrogen-bond acceptors (Lipinski definition) is 4.